The zero-order chi connectivity index (χ0) is 18.1. The second kappa shape index (κ2) is 6.53. The molecule has 0 spiro atoms. The molecule has 0 unspecified atom stereocenters. The Kier molecular flexibility index (Phi) is 4.06. The van der Waals surface area contributed by atoms with Crippen LogP contribution in [0.15, 0.2) is 60.7 Å². The van der Waals surface area contributed by atoms with Crippen LogP contribution in [0.25, 0.3) is 16.7 Å². The van der Waals surface area contributed by atoms with Crippen LogP contribution < -0.4 is 4.90 Å². The fourth-order valence-electron chi connectivity index (χ4n) is 3.46. The molecule has 4 rings (SSSR count). The largest absolute Gasteiger partial charge is 0.354 e. The predicted molar refractivity (Wildman–Crippen MR) is 105 cm³/mol. The normalized spacial score (nSPS) is 11.0. The van der Waals surface area contributed by atoms with Crippen LogP contribution in [0.4, 0.5) is 5.82 Å². The molecule has 4 aromatic rings. The molecule has 0 aliphatic carbocycles. The van der Waals surface area contributed by atoms with Crippen LogP contribution in [0.5, 0.6) is 0 Å². The summed E-state index contributed by atoms with van der Waals surface area (Å²) in [6, 6.07) is 22.9. The topological polar surface area (TPSA) is 44.3 Å². The minimum atomic E-state index is 0.640. The molecule has 0 aliphatic rings. The molecule has 0 fully saturated rings. The van der Waals surface area contributed by atoms with E-state index in [-0.39, 0.29) is 0 Å². The molecule has 0 aliphatic heterocycles. The van der Waals surface area contributed by atoms with Gasteiger partial charge in [0.05, 0.1) is 16.6 Å². The molecule has 0 bridgehead atoms. The average Bonchev–Trinajstić information content (AvgIpc) is 3.05. The summed E-state index contributed by atoms with van der Waals surface area (Å²) in [6.07, 6.45) is 0. The number of aryl methyl sites for hydroxylation is 1. The van der Waals surface area contributed by atoms with Gasteiger partial charge in [0, 0.05) is 13.1 Å². The summed E-state index contributed by atoms with van der Waals surface area (Å²) in [7, 11) is 0. The van der Waals surface area contributed by atoms with Crippen LogP contribution in [0.2, 0.25) is 0 Å². The summed E-state index contributed by atoms with van der Waals surface area (Å²) < 4.78 is 2.12. The first-order valence-electron chi connectivity index (χ1n) is 8.82. The van der Waals surface area contributed by atoms with E-state index in [1.165, 1.54) is 5.56 Å². The second-order valence-electron chi connectivity index (χ2n) is 6.43. The maximum Gasteiger partial charge on any atom is 0.157 e. The van der Waals surface area contributed by atoms with Crippen molar-refractivity contribution in [3.63, 3.8) is 0 Å². The van der Waals surface area contributed by atoms with Crippen LogP contribution >= 0.6 is 0 Å². The lowest BCUT2D eigenvalue weighted by molar-refractivity contribution is 0.806. The van der Waals surface area contributed by atoms with Crippen molar-refractivity contribution >= 4 is 22.5 Å². The fourth-order valence-corrected chi connectivity index (χ4v) is 3.46. The third-order valence-electron chi connectivity index (χ3n) is 4.79. The minimum absolute atomic E-state index is 0.640. The van der Waals surface area contributed by atoms with Gasteiger partial charge in [0.2, 0.25) is 0 Å². The van der Waals surface area contributed by atoms with Crippen molar-refractivity contribution in [2.45, 2.75) is 20.4 Å². The first kappa shape index (κ1) is 16.2. The Morgan fingerprint density at radius 1 is 1.08 bits per heavy atom. The first-order chi connectivity index (χ1) is 12.7. The molecular weight excluding hydrogens is 320 g/mol. The molecule has 0 radical (unpaired) electrons. The SMILES string of the molecule is CCN(Cc1ccccc1)c1cc(C)c(C#N)c2nc3ccccc3n12. The number of hydrogen-bond donors (Lipinski definition) is 0. The molecule has 26 heavy (non-hydrogen) atoms. The number of fused-ring (bicyclic) bond motifs is 3. The smallest absolute Gasteiger partial charge is 0.157 e. The second-order valence-corrected chi connectivity index (χ2v) is 6.43. The van der Waals surface area contributed by atoms with Gasteiger partial charge in [-0.3, -0.25) is 4.40 Å². The van der Waals surface area contributed by atoms with Crippen LogP contribution in [0.3, 0.4) is 0 Å². The number of benzene rings is 2. The number of pyridine rings is 1. The first-order valence-corrected chi connectivity index (χ1v) is 8.82. The lowest BCUT2D eigenvalue weighted by Gasteiger charge is -2.25. The van der Waals surface area contributed by atoms with Gasteiger partial charge in [-0.25, -0.2) is 4.98 Å². The number of aromatic nitrogens is 2. The maximum absolute atomic E-state index is 9.65. The highest BCUT2D eigenvalue weighted by molar-refractivity contribution is 5.85. The fraction of sp³-hybridized carbons (Fsp3) is 0.182. The number of nitrogens with zero attached hydrogens (tertiary/aromatic N) is 4. The van der Waals surface area contributed by atoms with Crippen molar-refractivity contribution < 1.29 is 0 Å². The van der Waals surface area contributed by atoms with Crippen LogP contribution in [-0.2, 0) is 6.54 Å². The van der Waals surface area contributed by atoms with Gasteiger partial charge < -0.3 is 4.90 Å². The average molecular weight is 340 g/mol. The lowest BCUT2D eigenvalue weighted by atomic mass is 10.1. The number of hydrogen-bond acceptors (Lipinski definition) is 3. The van der Waals surface area contributed by atoms with Gasteiger partial charge in [-0.2, -0.15) is 5.26 Å². The van der Waals surface area contributed by atoms with E-state index in [4.69, 9.17) is 4.98 Å². The molecule has 4 heteroatoms. The molecule has 2 aromatic heterocycles. The minimum Gasteiger partial charge on any atom is -0.354 e. The van der Waals surface area contributed by atoms with Crippen molar-refractivity contribution in [3.05, 3.63) is 77.4 Å². The predicted octanol–water partition coefficient (Wildman–Crippen LogP) is 4.69. The Morgan fingerprint density at radius 2 is 1.81 bits per heavy atom. The number of nitriles is 1. The molecule has 2 aromatic carbocycles. The van der Waals surface area contributed by atoms with Crippen molar-refractivity contribution in [2.24, 2.45) is 0 Å². The Morgan fingerprint density at radius 3 is 2.54 bits per heavy atom. The third-order valence-corrected chi connectivity index (χ3v) is 4.79. The van der Waals surface area contributed by atoms with E-state index in [0.29, 0.717) is 5.56 Å². The lowest BCUT2D eigenvalue weighted by Crippen LogP contribution is -2.24. The van der Waals surface area contributed by atoms with E-state index in [2.05, 4.69) is 58.7 Å². The number of anilines is 1. The standard InChI is InChI=1S/C22H20N4/c1-3-25(15-17-9-5-4-6-10-17)21-13-16(2)18(14-23)22-24-19-11-7-8-12-20(19)26(21)22/h4-13H,3,15H2,1-2H3. The molecule has 0 amide bonds. The Labute approximate surface area is 152 Å². The highest BCUT2D eigenvalue weighted by Crippen LogP contribution is 2.29. The Hall–Kier alpha value is -3.32. The molecule has 2 heterocycles. The summed E-state index contributed by atoms with van der Waals surface area (Å²) in [4.78, 5) is 7.07. The van der Waals surface area contributed by atoms with Gasteiger partial charge in [0.25, 0.3) is 0 Å². The van der Waals surface area contributed by atoms with Gasteiger partial charge in [-0.1, -0.05) is 42.5 Å². The number of imidazole rings is 1. The van der Waals surface area contributed by atoms with E-state index in [1.807, 2.05) is 31.2 Å². The van der Waals surface area contributed by atoms with Crippen LogP contribution in [-0.4, -0.2) is 15.9 Å². The van der Waals surface area contributed by atoms with Gasteiger partial charge in [-0.05, 0) is 43.2 Å². The van der Waals surface area contributed by atoms with Crippen molar-refractivity contribution in [1.82, 2.24) is 9.38 Å². The third kappa shape index (κ3) is 2.58. The van der Waals surface area contributed by atoms with E-state index in [0.717, 1.165) is 41.2 Å². The van der Waals surface area contributed by atoms with E-state index in [9.17, 15) is 5.26 Å². The van der Waals surface area contributed by atoms with Crippen LogP contribution in [0, 0.1) is 18.3 Å². The monoisotopic (exact) mass is 340 g/mol. The Bertz CT molecular complexity index is 1120. The summed E-state index contributed by atoms with van der Waals surface area (Å²) in [5.41, 5.74) is 5.52. The zero-order valence-electron chi connectivity index (χ0n) is 15.0. The quantitative estimate of drug-likeness (QED) is 0.541. The molecule has 0 saturated heterocycles. The van der Waals surface area contributed by atoms with E-state index in [1.54, 1.807) is 0 Å². The van der Waals surface area contributed by atoms with E-state index < -0.39 is 0 Å². The molecule has 128 valence electrons. The number of para-hydroxylation sites is 2. The molecule has 0 N–H and O–H groups in total. The summed E-state index contributed by atoms with van der Waals surface area (Å²) in [5, 5.41) is 9.65. The molecular formula is C22H20N4. The van der Waals surface area contributed by atoms with Crippen molar-refractivity contribution in [3.8, 4) is 6.07 Å². The van der Waals surface area contributed by atoms with Crippen molar-refractivity contribution in [2.75, 3.05) is 11.4 Å². The molecule has 0 atom stereocenters. The maximum atomic E-state index is 9.65. The van der Waals surface area contributed by atoms with Gasteiger partial charge >= 0.3 is 0 Å². The Balaban J connectivity index is 1.98. The number of rotatable bonds is 4. The van der Waals surface area contributed by atoms with Crippen molar-refractivity contribution in [1.29, 1.82) is 5.26 Å². The zero-order valence-corrected chi connectivity index (χ0v) is 15.0. The molecule has 4 nitrogen and oxygen atoms in total. The highest BCUT2D eigenvalue weighted by atomic mass is 15.2. The van der Waals surface area contributed by atoms with Crippen LogP contribution in [0.1, 0.15) is 23.6 Å². The summed E-state index contributed by atoms with van der Waals surface area (Å²) in [5.74, 6) is 1.07. The van der Waals surface area contributed by atoms with Gasteiger partial charge in [0.15, 0.2) is 5.65 Å². The summed E-state index contributed by atoms with van der Waals surface area (Å²) in [6.45, 7) is 5.81. The van der Waals surface area contributed by atoms with Gasteiger partial charge in [-0.15, -0.1) is 0 Å². The summed E-state index contributed by atoms with van der Waals surface area (Å²) >= 11 is 0. The highest BCUT2D eigenvalue weighted by Gasteiger charge is 2.18. The van der Waals surface area contributed by atoms with E-state index >= 15 is 0 Å². The molecule has 0 saturated carbocycles. The van der Waals surface area contributed by atoms with Gasteiger partial charge in [0.1, 0.15) is 11.9 Å².